The molecule has 7 heteroatoms. The van der Waals surface area contributed by atoms with E-state index in [1.807, 2.05) is 27.0 Å². The number of pyridine rings is 1. The number of hydrogen-bond acceptors (Lipinski definition) is 5. The number of likely N-dealkylation sites (N-methyl/N-ethyl adjacent to an activating group) is 1. The van der Waals surface area contributed by atoms with Crippen molar-refractivity contribution in [1.82, 2.24) is 14.8 Å². The lowest BCUT2D eigenvalue weighted by molar-refractivity contribution is -0.138. The van der Waals surface area contributed by atoms with Gasteiger partial charge in [-0.3, -0.25) is 9.59 Å². The predicted molar refractivity (Wildman–Crippen MR) is 122 cm³/mol. The fourth-order valence-electron chi connectivity index (χ4n) is 4.76. The van der Waals surface area contributed by atoms with Gasteiger partial charge in [0.1, 0.15) is 11.7 Å². The highest BCUT2D eigenvalue weighted by molar-refractivity contribution is 5.97. The number of nitrogens with zero attached hydrogens (tertiary/aromatic N) is 3. The summed E-state index contributed by atoms with van der Waals surface area (Å²) in [5.74, 6) is 0.412. The van der Waals surface area contributed by atoms with Crippen LogP contribution in [0.15, 0.2) is 18.3 Å². The van der Waals surface area contributed by atoms with Crippen molar-refractivity contribution in [2.45, 2.75) is 64.5 Å². The van der Waals surface area contributed by atoms with Crippen LogP contribution in [0.25, 0.3) is 5.57 Å². The van der Waals surface area contributed by atoms with Crippen LogP contribution < -0.4 is 4.74 Å². The molecule has 3 atom stereocenters. The van der Waals surface area contributed by atoms with Crippen LogP contribution >= 0.6 is 0 Å². The molecule has 0 bridgehead atoms. The number of carbonyl (C=O) groups is 2. The molecular formula is C25H35N3O4. The van der Waals surface area contributed by atoms with E-state index < -0.39 is 0 Å². The number of ether oxygens (including phenoxy) is 1. The molecule has 0 saturated heterocycles. The Labute approximate surface area is 190 Å². The Kier molecular flexibility index (Phi) is 6.84. The van der Waals surface area contributed by atoms with E-state index in [-0.39, 0.29) is 42.4 Å². The molecule has 2 aliphatic carbocycles. The van der Waals surface area contributed by atoms with E-state index >= 15 is 0 Å². The van der Waals surface area contributed by atoms with E-state index in [0.29, 0.717) is 24.5 Å². The van der Waals surface area contributed by atoms with E-state index in [2.05, 4.69) is 11.1 Å². The van der Waals surface area contributed by atoms with Gasteiger partial charge in [-0.15, -0.1) is 0 Å². The van der Waals surface area contributed by atoms with E-state index in [4.69, 9.17) is 4.74 Å². The molecule has 1 aromatic rings. The number of allylic oxidation sites excluding steroid dienone is 2. The van der Waals surface area contributed by atoms with Crippen molar-refractivity contribution in [3.8, 4) is 5.88 Å². The van der Waals surface area contributed by atoms with Crippen molar-refractivity contribution in [2.24, 2.45) is 11.8 Å². The van der Waals surface area contributed by atoms with Gasteiger partial charge in [-0.2, -0.15) is 0 Å². The highest BCUT2D eigenvalue weighted by Gasteiger charge is 2.36. The lowest BCUT2D eigenvalue weighted by Gasteiger charge is -2.38. The number of aliphatic hydroxyl groups excluding tert-OH is 1. The number of aliphatic hydroxyl groups is 1. The third kappa shape index (κ3) is 4.53. The molecule has 0 radical (unpaired) electrons. The Hall–Kier alpha value is -2.41. The summed E-state index contributed by atoms with van der Waals surface area (Å²) in [4.78, 5) is 34.3. The van der Waals surface area contributed by atoms with Crippen molar-refractivity contribution in [2.75, 3.05) is 26.7 Å². The van der Waals surface area contributed by atoms with E-state index in [9.17, 15) is 14.7 Å². The molecule has 1 aliphatic heterocycles. The molecule has 2 heterocycles. The SMILES string of the molecule is C[C@@H]1CN([C@@H](C)CO)C(=O)c2cc(C3=CCCC3)cnc2O[C@@H]1CN(C)C(=O)C1CCC1. The molecule has 0 aromatic carbocycles. The summed E-state index contributed by atoms with van der Waals surface area (Å²) >= 11 is 0. The first-order valence-corrected chi connectivity index (χ1v) is 11.9. The summed E-state index contributed by atoms with van der Waals surface area (Å²) in [6, 6.07) is 1.56. The van der Waals surface area contributed by atoms with E-state index in [1.54, 1.807) is 16.0 Å². The van der Waals surface area contributed by atoms with Crippen LogP contribution in [0.5, 0.6) is 5.88 Å². The minimum Gasteiger partial charge on any atom is -0.472 e. The zero-order chi connectivity index (χ0) is 22.8. The summed E-state index contributed by atoms with van der Waals surface area (Å²) in [5.41, 5.74) is 2.60. The third-order valence-corrected chi connectivity index (χ3v) is 7.22. The van der Waals surface area contributed by atoms with Gasteiger partial charge in [-0.1, -0.05) is 19.4 Å². The van der Waals surface area contributed by atoms with Gasteiger partial charge in [0, 0.05) is 31.6 Å². The highest BCUT2D eigenvalue weighted by Crippen LogP contribution is 2.33. The maximum absolute atomic E-state index is 13.5. The number of amides is 2. The largest absolute Gasteiger partial charge is 0.472 e. The van der Waals surface area contributed by atoms with Crippen LogP contribution in [-0.2, 0) is 4.79 Å². The predicted octanol–water partition coefficient (Wildman–Crippen LogP) is 3.13. The third-order valence-electron chi connectivity index (χ3n) is 7.22. The number of aromatic nitrogens is 1. The van der Waals surface area contributed by atoms with Crippen LogP contribution in [0, 0.1) is 11.8 Å². The number of carbonyl (C=O) groups excluding carboxylic acids is 2. The number of rotatable bonds is 6. The fraction of sp³-hybridized carbons (Fsp3) is 0.640. The molecule has 0 unspecified atom stereocenters. The molecule has 1 aromatic heterocycles. The normalized spacial score (nSPS) is 24.6. The fourth-order valence-corrected chi connectivity index (χ4v) is 4.76. The number of fused-ring (bicyclic) bond motifs is 1. The summed E-state index contributed by atoms with van der Waals surface area (Å²) in [7, 11) is 1.83. The summed E-state index contributed by atoms with van der Waals surface area (Å²) in [6.45, 7) is 4.66. The standard InChI is InChI=1S/C25H35N3O4/c1-16-13-28(17(2)15-29)25(31)21-11-20(18-7-4-5-8-18)12-26-23(21)32-22(16)14-27(3)24(30)19-9-6-10-19/h7,11-12,16-17,19,22,29H,4-6,8-10,13-15H2,1-3H3/t16-,17+,22-/m1/s1. The lowest BCUT2D eigenvalue weighted by Crippen LogP contribution is -2.51. The van der Waals surface area contributed by atoms with Gasteiger partial charge in [0.15, 0.2) is 0 Å². The Morgan fingerprint density at radius 3 is 2.78 bits per heavy atom. The molecule has 7 nitrogen and oxygen atoms in total. The molecule has 2 amide bonds. The molecule has 32 heavy (non-hydrogen) atoms. The average molecular weight is 442 g/mol. The monoisotopic (exact) mass is 441 g/mol. The smallest absolute Gasteiger partial charge is 0.259 e. The Balaban J connectivity index is 1.64. The van der Waals surface area contributed by atoms with Gasteiger partial charge in [0.2, 0.25) is 11.8 Å². The van der Waals surface area contributed by atoms with E-state index in [0.717, 1.165) is 44.1 Å². The molecule has 4 rings (SSSR count). The summed E-state index contributed by atoms with van der Waals surface area (Å²) in [5, 5.41) is 9.80. The van der Waals surface area contributed by atoms with E-state index in [1.165, 1.54) is 5.57 Å². The topological polar surface area (TPSA) is 83.0 Å². The van der Waals surface area contributed by atoms with Crippen molar-refractivity contribution in [1.29, 1.82) is 0 Å². The lowest BCUT2D eigenvalue weighted by atomic mass is 9.84. The Morgan fingerprint density at radius 1 is 1.38 bits per heavy atom. The van der Waals surface area contributed by atoms with Gasteiger partial charge >= 0.3 is 0 Å². The van der Waals surface area contributed by atoms with Gasteiger partial charge in [0.05, 0.1) is 19.2 Å². The van der Waals surface area contributed by atoms with Crippen molar-refractivity contribution < 1.29 is 19.4 Å². The highest BCUT2D eigenvalue weighted by atomic mass is 16.5. The van der Waals surface area contributed by atoms with Crippen molar-refractivity contribution in [3.63, 3.8) is 0 Å². The molecule has 1 N–H and O–H groups in total. The molecule has 1 saturated carbocycles. The van der Waals surface area contributed by atoms with Crippen LogP contribution in [0.3, 0.4) is 0 Å². The minimum absolute atomic E-state index is 0.0308. The first kappa shape index (κ1) is 22.8. The molecule has 0 spiro atoms. The second-order valence-electron chi connectivity index (χ2n) is 9.67. The van der Waals surface area contributed by atoms with Crippen LogP contribution in [0.2, 0.25) is 0 Å². The second kappa shape index (κ2) is 9.61. The molecule has 174 valence electrons. The van der Waals surface area contributed by atoms with Crippen LogP contribution in [0.1, 0.15) is 68.3 Å². The maximum Gasteiger partial charge on any atom is 0.259 e. The second-order valence-corrected chi connectivity index (χ2v) is 9.67. The first-order valence-electron chi connectivity index (χ1n) is 11.9. The zero-order valence-corrected chi connectivity index (χ0v) is 19.4. The first-order chi connectivity index (χ1) is 15.4. The van der Waals surface area contributed by atoms with Crippen molar-refractivity contribution >= 4 is 17.4 Å². The molecule has 1 fully saturated rings. The molecular weight excluding hydrogens is 406 g/mol. The average Bonchev–Trinajstić information content (AvgIpc) is 3.29. The van der Waals surface area contributed by atoms with Gasteiger partial charge in [-0.05, 0) is 56.2 Å². The Morgan fingerprint density at radius 2 is 2.16 bits per heavy atom. The Bertz CT molecular complexity index is 895. The van der Waals surface area contributed by atoms with Crippen molar-refractivity contribution in [3.05, 3.63) is 29.5 Å². The molecule has 3 aliphatic rings. The van der Waals surface area contributed by atoms with Crippen LogP contribution in [0.4, 0.5) is 0 Å². The zero-order valence-electron chi connectivity index (χ0n) is 19.4. The van der Waals surface area contributed by atoms with Crippen LogP contribution in [-0.4, -0.2) is 70.6 Å². The number of hydrogen-bond donors (Lipinski definition) is 1. The minimum atomic E-state index is -0.319. The maximum atomic E-state index is 13.5. The van der Waals surface area contributed by atoms with Gasteiger partial charge < -0.3 is 19.6 Å². The van der Waals surface area contributed by atoms with Gasteiger partial charge in [0.25, 0.3) is 5.91 Å². The van der Waals surface area contributed by atoms with Gasteiger partial charge in [-0.25, -0.2) is 4.98 Å². The summed E-state index contributed by atoms with van der Waals surface area (Å²) < 4.78 is 6.32. The quantitative estimate of drug-likeness (QED) is 0.733. The summed E-state index contributed by atoms with van der Waals surface area (Å²) in [6.07, 6.45) is 9.89.